The average Bonchev–Trinajstić information content (AvgIpc) is 3.12. The van der Waals surface area contributed by atoms with E-state index in [0.29, 0.717) is 23.8 Å². The molecule has 0 spiro atoms. The number of benzene rings is 1. The number of carbonyl (C=O) groups excluding carboxylic acids is 1. The number of imidazole rings is 1. The number of halogens is 1. The lowest BCUT2D eigenvalue weighted by molar-refractivity contribution is -0.140. The fourth-order valence-electron chi connectivity index (χ4n) is 3.60. The summed E-state index contributed by atoms with van der Waals surface area (Å²) in [4.78, 5) is 26.0. The smallest absolute Gasteiger partial charge is 0.305 e. The van der Waals surface area contributed by atoms with Gasteiger partial charge in [0.2, 0.25) is 0 Å². The first-order valence-electron chi connectivity index (χ1n) is 9.54. The molecule has 1 aliphatic heterocycles. The number of rotatable bonds is 6. The molecule has 3 aromatic rings. The molecule has 154 valence electrons. The number of hydrogen-bond acceptors (Lipinski definition) is 6. The molecule has 7 nitrogen and oxygen atoms in total. The van der Waals surface area contributed by atoms with Crippen LogP contribution in [0.3, 0.4) is 0 Å². The normalized spacial score (nSPS) is 15.0. The molecule has 0 amide bonds. The largest absolute Gasteiger partial charge is 0.469 e. The zero-order valence-electron chi connectivity index (χ0n) is 16.7. The van der Waals surface area contributed by atoms with Gasteiger partial charge in [-0.15, -0.1) is 0 Å². The minimum atomic E-state index is -0.363. The summed E-state index contributed by atoms with van der Waals surface area (Å²) in [7, 11) is 3.03. The van der Waals surface area contributed by atoms with Crippen LogP contribution in [0, 0.1) is 0 Å². The Balaban J connectivity index is 1.93. The highest BCUT2D eigenvalue weighted by atomic mass is 35.5. The minimum Gasteiger partial charge on any atom is -0.469 e. The van der Waals surface area contributed by atoms with Gasteiger partial charge in [0.25, 0.3) is 0 Å². The molecular formula is C22H21ClN4O3. The highest BCUT2D eigenvalue weighted by Gasteiger charge is 2.29. The quantitative estimate of drug-likeness (QED) is 0.560. The first kappa shape index (κ1) is 20.3. The van der Waals surface area contributed by atoms with Crippen LogP contribution in [0.5, 0.6) is 0 Å². The lowest BCUT2D eigenvalue weighted by Crippen LogP contribution is -2.10. The molecule has 8 heteroatoms. The summed E-state index contributed by atoms with van der Waals surface area (Å²) in [6, 6.07) is 11.0. The van der Waals surface area contributed by atoms with E-state index in [1.165, 1.54) is 7.11 Å². The third-order valence-electron chi connectivity index (χ3n) is 4.95. The van der Waals surface area contributed by atoms with Crippen LogP contribution in [0.15, 0.2) is 53.8 Å². The van der Waals surface area contributed by atoms with Gasteiger partial charge in [0.05, 0.1) is 42.7 Å². The van der Waals surface area contributed by atoms with E-state index in [2.05, 4.69) is 9.97 Å². The summed E-state index contributed by atoms with van der Waals surface area (Å²) in [6.07, 6.45) is 4.19. The Labute approximate surface area is 179 Å². The van der Waals surface area contributed by atoms with Crippen molar-refractivity contribution in [2.75, 3.05) is 14.2 Å². The van der Waals surface area contributed by atoms with Crippen molar-refractivity contribution in [1.29, 1.82) is 0 Å². The van der Waals surface area contributed by atoms with E-state index in [1.807, 2.05) is 41.0 Å². The second-order valence-electron chi connectivity index (χ2n) is 6.86. The van der Waals surface area contributed by atoms with Crippen LogP contribution in [0.2, 0.25) is 5.02 Å². The summed E-state index contributed by atoms with van der Waals surface area (Å²) in [5, 5.41) is 0.598. The Bertz CT molecular complexity index is 1100. The molecular weight excluding hydrogens is 404 g/mol. The highest BCUT2D eigenvalue weighted by molar-refractivity contribution is 6.31. The lowest BCUT2D eigenvalue weighted by atomic mass is 10.0. The zero-order valence-corrected chi connectivity index (χ0v) is 17.5. The number of aliphatic imine (C=N–C) groups is 1. The van der Waals surface area contributed by atoms with Crippen LogP contribution in [0.25, 0.3) is 5.69 Å². The first-order chi connectivity index (χ1) is 14.6. The summed E-state index contributed by atoms with van der Waals surface area (Å²) < 4.78 is 12.3. The number of pyridine rings is 1. The summed E-state index contributed by atoms with van der Waals surface area (Å²) >= 11 is 6.36. The number of carbonyl (C=O) groups is 1. The van der Waals surface area contributed by atoms with Crippen LogP contribution in [-0.4, -0.2) is 40.4 Å². The van der Waals surface area contributed by atoms with Crippen molar-refractivity contribution in [3.63, 3.8) is 0 Å². The second-order valence-corrected chi connectivity index (χ2v) is 7.30. The van der Waals surface area contributed by atoms with Gasteiger partial charge in [-0.05, 0) is 36.8 Å². The van der Waals surface area contributed by atoms with Crippen LogP contribution < -0.4 is 0 Å². The van der Waals surface area contributed by atoms with E-state index in [0.717, 1.165) is 28.5 Å². The molecule has 2 aromatic heterocycles. The summed E-state index contributed by atoms with van der Waals surface area (Å²) in [5.41, 5.74) is 4.05. The number of ether oxygens (including phenoxy) is 2. The summed E-state index contributed by atoms with van der Waals surface area (Å²) in [5.74, 6) is 0.449. The van der Waals surface area contributed by atoms with Crippen LogP contribution >= 0.6 is 11.6 Å². The third-order valence-corrected chi connectivity index (χ3v) is 5.18. The molecule has 1 atom stereocenters. The third kappa shape index (κ3) is 3.86. The van der Waals surface area contributed by atoms with Gasteiger partial charge >= 0.3 is 5.97 Å². The van der Waals surface area contributed by atoms with Gasteiger partial charge in [0.15, 0.2) is 0 Å². The van der Waals surface area contributed by atoms with Crippen molar-refractivity contribution in [2.24, 2.45) is 4.99 Å². The van der Waals surface area contributed by atoms with Crippen LogP contribution in [0.4, 0.5) is 0 Å². The number of esters is 1. The predicted molar refractivity (Wildman–Crippen MR) is 113 cm³/mol. The van der Waals surface area contributed by atoms with E-state index < -0.39 is 0 Å². The molecule has 1 aromatic carbocycles. The van der Waals surface area contributed by atoms with Gasteiger partial charge in [-0.3, -0.25) is 19.3 Å². The molecule has 4 rings (SSSR count). The van der Waals surface area contributed by atoms with Gasteiger partial charge in [-0.2, -0.15) is 0 Å². The number of hydrogen-bond donors (Lipinski definition) is 0. The Morgan fingerprint density at radius 3 is 2.80 bits per heavy atom. The fourth-order valence-corrected chi connectivity index (χ4v) is 3.77. The Kier molecular flexibility index (Phi) is 5.92. The van der Waals surface area contributed by atoms with E-state index in [4.69, 9.17) is 26.1 Å². The zero-order chi connectivity index (χ0) is 21.1. The Morgan fingerprint density at radius 2 is 2.07 bits per heavy atom. The van der Waals surface area contributed by atoms with E-state index >= 15 is 0 Å². The Hall–Kier alpha value is -3.03. The van der Waals surface area contributed by atoms with Gasteiger partial charge < -0.3 is 9.47 Å². The van der Waals surface area contributed by atoms with Gasteiger partial charge in [-0.25, -0.2) is 4.98 Å². The maximum absolute atomic E-state index is 11.8. The van der Waals surface area contributed by atoms with Crippen molar-refractivity contribution in [1.82, 2.24) is 14.5 Å². The number of fused-ring (bicyclic) bond motifs is 3. The first-order valence-corrected chi connectivity index (χ1v) is 9.92. The fraction of sp³-hybridized carbons (Fsp3) is 0.273. The molecule has 0 saturated carbocycles. The van der Waals surface area contributed by atoms with Gasteiger partial charge in [0.1, 0.15) is 11.9 Å². The van der Waals surface area contributed by atoms with E-state index in [9.17, 15) is 4.79 Å². The van der Waals surface area contributed by atoms with Crippen LogP contribution in [-0.2, 0) is 20.9 Å². The lowest BCUT2D eigenvalue weighted by Gasteiger charge is -2.15. The molecule has 0 saturated heterocycles. The maximum Gasteiger partial charge on any atom is 0.305 e. The molecule has 0 N–H and O–H groups in total. The second kappa shape index (κ2) is 8.77. The monoisotopic (exact) mass is 424 g/mol. The molecule has 0 aliphatic carbocycles. The highest BCUT2D eigenvalue weighted by Crippen LogP contribution is 2.34. The van der Waals surface area contributed by atoms with Crippen molar-refractivity contribution in [3.05, 3.63) is 76.6 Å². The van der Waals surface area contributed by atoms with Crippen molar-refractivity contribution >= 4 is 23.3 Å². The minimum absolute atomic E-state index is 0.226. The van der Waals surface area contributed by atoms with Crippen molar-refractivity contribution in [3.8, 4) is 5.69 Å². The number of methoxy groups -OCH3 is 2. The van der Waals surface area contributed by atoms with Gasteiger partial charge in [0, 0.05) is 30.3 Å². The molecule has 0 radical (unpaired) electrons. The molecule has 30 heavy (non-hydrogen) atoms. The molecule has 3 heterocycles. The summed E-state index contributed by atoms with van der Waals surface area (Å²) in [6.45, 7) is 0.387. The molecule has 0 bridgehead atoms. The predicted octanol–water partition coefficient (Wildman–Crippen LogP) is 3.91. The number of aromatic nitrogens is 3. The van der Waals surface area contributed by atoms with Crippen LogP contribution in [0.1, 0.15) is 41.7 Å². The maximum atomic E-state index is 11.8. The van der Waals surface area contributed by atoms with Crippen molar-refractivity contribution in [2.45, 2.75) is 25.5 Å². The topological polar surface area (TPSA) is 78.6 Å². The van der Waals surface area contributed by atoms with Crippen molar-refractivity contribution < 1.29 is 14.3 Å². The average molecular weight is 425 g/mol. The molecule has 0 fully saturated rings. The number of nitrogens with zero attached hydrogens (tertiary/aromatic N) is 4. The SMILES string of the molecule is COCc1cnc2n1-c1ccc(Cl)cc1C(c1ccccn1)=NC2CCC(=O)OC. The molecule has 1 aliphatic rings. The molecule has 1 unspecified atom stereocenters. The standard InChI is InChI=1S/C22H21ClN4O3/c1-29-13-15-12-25-22-18(7-9-20(28)30-2)26-21(17-5-3-4-10-24-17)16-11-14(23)6-8-19(16)27(15)22/h3-6,8,10-12,18H,7,9,13H2,1-2H3. The van der Waals surface area contributed by atoms with E-state index in [-0.39, 0.29) is 18.4 Å². The Morgan fingerprint density at radius 1 is 1.20 bits per heavy atom. The van der Waals surface area contributed by atoms with E-state index in [1.54, 1.807) is 19.5 Å². The van der Waals surface area contributed by atoms with Gasteiger partial charge in [-0.1, -0.05) is 17.7 Å².